The highest BCUT2D eigenvalue weighted by Gasteiger charge is 2.41. The lowest BCUT2D eigenvalue weighted by atomic mass is 9.61. The molecule has 0 amide bonds. The first-order valence-electron chi connectivity index (χ1n) is 27.6. The Bertz CT molecular complexity index is 4730. The molecule has 0 aliphatic heterocycles. The van der Waals surface area contributed by atoms with Gasteiger partial charge < -0.3 is 0 Å². The van der Waals surface area contributed by atoms with Gasteiger partial charge in [0.25, 0.3) is 0 Å². The number of benzene rings is 11. The van der Waals surface area contributed by atoms with E-state index in [0.717, 1.165) is 44.5 Å². The van der Waals surface area contributed by atoms with E-state index in [1.54, 1.807) is 0 Å². The van der Waals surface area contributed by atoms with Crippen molar-refractivity contribution in [2.75, 3.05) is 0 Å². The molecular formula is C74H44N6S2. The van der Waals surface area contributed by atoms with E-state index in [0.29, 0.717) is 34.9 Å². The molecule has 82 heavy (non-hydrogen) atoms. The van der Waals surface area contributed by atoms with Crippen molar-refractivity contribution in [1.29, 1.82) is 0 Å². The van der Waals surface area contributed by atoms with Crippen molar-refractivity contribution in [3.05, 3.63) is 288 Å². The van der Waals surface area contributed by atoms with Gasteiger partial charge in [-0.3, -0.25) is 0 Å². The third-order valence-electron chi connectivity index (χ3n) is 16.6. The minimum Gasteiger partial charge on any atom is -0.208 e. The summed E-state index contributed by atoms with van der Waals surface area (Å²) in [5, 5.41) is 5.16. The second-order valence-corrected chi connectivity index (χ2v) is 23.5. The van der Waals surface area contributed by atoms with Crippen LogP contribution in [0.5, 0.6) is 0 Å². The van der Waals surface area contributed by atoms with Gasteiger partial charge in [0.05, 0.1) is 0 Å². The molecule has 3 aliphatic carbocycles. The van der Waals surface area contributed by atoms with Crippen LogP contribution in [-0.2, 0) is 0 Å². The lowest BCUT2D eigenvalue weighted by molar-refractivity contribution is 0.754. The second-order valence-electron chi connectivity index (χ2n) is 21.3. The SMILES string of the molecule is c1ccc(-c2nc(-c3ccc(-c4ccc5sc6ccccc6c5c4)cc3)nc(-c3ccc4c(c3)C3c5ccccc5C4c4cc(-c5nc(-c6ccccc6)nc(-c6ccc(-c7ccc8sc9ccccc9c8c7)cc6)n5)ccc43)n2)cc1. The molecule has 4 heterocycles. The molecule has 18 rings (SSSR count). The third-order valence-corrected chi connectivity index (χ3v) is 18.9. The van der Waals surface area contributed by atoms with Gasteiger partial charge in [-0.25, -0.2) is 29.9 Å². The standard InChI is InChI=1S/C74H44N6S2/c1-3-13-45(14-4-1)69-75-71(47-27-23-43(24-28-47)49-33-37-65-59(39-49)53-17-9-11-21-63(53)81-65)79-73(77-69)51-31-35-57-61(41-51)67-55-19-7-8-20-56(55)68(57)62-42-52(32-36-58(62)67)74-78-70(46-15-5-2-6-16-46)76-72(80-74)48-29-25-44(26-30-48)50-34-38-66-60(40-50)54-18-10-12-22-64(54)82-66/h1-42,67-68H. The van der Waals surface area contributed by atoms with E-state index in [9.17, 15) is 0 Å². The van der Waals surface area contributed by atoms with Crippen molar-refractivity contribution in [3.8, 4) is 90.6 Å². The van der Waals surface area contributed by atoms with Gasteiger partial charge in [0.1, 0.15) is 0 Å². The van der Waals surface area contributed by atoms with Crippen LogP contribution in [0.4, 0.5) is 0 Å². The summed E-state index contributed by atoms with van der Waals surface area (Å²) in [6.07, 6.45) is 0. The smallest absolute Gasteiger partial charge is 0.164 e. The fraction of sp³-hybridized carbons (Fsp3) is 0.0270. The van der Waals surface area contributed by atoms with Gasteiger partial charge >= 0.3 is 0 Å². The zero-order chi connectivity index (χ0) is 53.8. The number of fused-ring (bicyclic) bond motifs is 6. The monoisotopic (exact) mass is 1080 g/mol. The Balaban J connectivity index is 0.730. The van der Waals surface area contributed by atoms with Gasteiger partial charge in [0, 0.05) is 85.6 Å². The molecule has 0 spiro atoms. The summed E-state index contributed by atoms with van der Waals surface area (Å²) in [6.45, 7) is 0. The molecule has 3 aliphatic rings. The van der Waals surface area contributed by atoms with E-state index in [2.05, 4.69) is 218 Å². The summed E-state index contributed by atoms with van der Waals surface area (Å²) in [7, 11) is 0. The van der Waals surface area contributed by atoms with E-state index in [1.807, 2.05) is 59.1 Å². The molecule has 4 aromatic heterocycles. The average Bonchev–Trinajstić information content (AvgIpc) is 2.37. The normalized spacial score (nSPS) is 14.1. The van der Waals surface area contributed by atoms with Crippen molar-refractivity contribution in [1.82, 2.24) is 29.9 Å². The predicted octanol–water partition coefficient (Wildman–Crippen LogP) is 19.1. The van der Waals surface area contributed by atoms with E-state index in [1.165, 1.54) is 84.9 Å². The Morgan fingerprint density at radius 2 is 0.488 bits per heavy atom. The van der Waals surface area contributed by atoms with Crippen molar-refractivity contribution >= 4 is 63.0 Å². The Morgan fingerprint density at radius 3 is 0.902 bits per heavy atom. The van der Waals surface area contributed by atoms with E-state index >= 15 is 0 Å². The van der Waals surface area contributed by atoms with Crippen LogP contribution in [0, 0.1) is 0 Å². The summed E-state index contributed by atoms with van der Waals surface area (Å²) in [6, 6.07) is 91.2. The summed E-state index contributed by atoms with van der Waals surface area (Å²) in [5.74, 6) is 3.81. The van der Waals surface area contributed by atoms with Gasteiger partial charge in [0.2, 0.25) is 0 Å². The molecule has 2 atom stereocenters. The highest BCUT2D eigenvalue weighted by molar-refractivity contribution is 7.26. The summed E-state index contributed by atoms with van der Waals surface area (Å²) >= 11 is 3.68. The van der Waals surface area contributed by atoms with Gasteiger partial charge in [-0.1, -0.05) is 206 Å². The van der Waals surface area contributed by atoms with Crippen LogP contribution in [0.25, 0.3) is 131 Å². The maximum Gasteiger partial charge on any atom is 0.164 e. The lowest BCUT2D eigenvalue weighted by Gasteiger charge is -2.42. The molecule has 382 valence electrons. The van der Waals surface area contributed by atoms with Crippen molar-refractivity contribution in [3.63, 3.8) is 0 Å². The molecule has 15 aromatic rings. The van der Waals surface area contributed by atoms with Crippen molar-refractivity contribution < 1.29 is 0 Å². The summed E-state index contributed by atoms with van der Waals surface area (Å²) in [5.41, 5.74) is 18.0. The van der Waals surface area contributed by atoms with E-state index in [-0.39, 0.29) is 11.8 Å². The quantitative estimate of drug-likeness (QED) is 0.151. The fourth-order valence-corrected chi connectivity index (χ4v) is 14.8. The minimum atomic E-state index is 0.000389. The van der Waals surface area contributed by atoms with Gasteiger partial charge in [-0.2, -0.15) is 0 Å². The maximum absolute atomic E-state index is 5.27. The van der Waals surface area contributed by atoms with E-state index in [4.69, 9.17) is 29.9 Å². The van der Waals surface area contributed by atoms with E-state index < -0.39 is 0 Å². The van der Waals surface area contributed by atoms with Crippen molar-refractivity contribution in [2.45, 2.75) is 11.8 Å². The second kappa shape index (κ2) is 18.7. The van der Waals surface area contributed by atoms with Gasteiger partial charge in [0.15, 0.2) is 34.9 Å². The summed E-state index contributed by atoms with van der Waals surface area (Å²) < 4.78 is 5.20. The Labute approximate surface area is 480 Å². The molecule has 0 N–H and O–H groups in total. The molecule has 2 bridgehead atoms. The molecule has 8 heteroatoms. The minimum absolute atomic E-state index is 0.000389. The topological polar surface area (TPSA) is 77.3 Å². The number of nitrogens with zero attached hydrogens (tertiary/aromatic N) is 6. The predicted molar refractivity (Wildman–Crippen MR) is 337 cm³/mol. The lowest BCUT2D eigenvalue weighted by Crippen LogP contribution is -2.27. The highest BCUT2D eigenvalue weighted by atomic mass is 32.1. The van der Waals surface area contributed by atoms with Crippen LogP contribution in [0.15, 0.2) is 255 Å². The number of hydrogen-bond donors (Lipinski definition) is 0. The maximum atomic E-state index is 5.27. The van der Waals surface area contributed by atoms with Gasteiger partial charge in [-0.05, 0) is 104 Å². The molecular weight excluding hydrogens is 1040 g/mol. The number of aromatic nitrogens is 6. The molecule has 0 radical (unpaired) electrons. The van der Waals surface area contributed by atoms with Gasteiger partial charge in [-0.15, -0.1) is 22.7 Å². The largest absolute Gasteiger partial charge is 0.208 e. The Hall–Kier alpha value is -10.1. The zero-order valence-corrected chi connectivity index (χ0v) is 45.5. The first-order chi connectivity index (χ1) is 40.6. The fourth-order valence-electron chi connectivity index (χ4n) is 12.6. The zero-order valence-electron chi connectivity index (χ0n) is 43.9. The van der Waals surface area contributed by atoms with Crippen LogP contribution >= 0.6 is 22.7 Å². The van der Waals surface area contributed by atoms with Crippen LogP contribution in [0.1, 0.15) is 45.2 Å². The first-order valence-corrected chi connectivity index (χ1v) is 29.3. The third kappa shape index (κ3) is 7.75. The first kappa shape index (κ1) is 46.8. The highest BCUT2D eigenvalue weighted by Crippen LogP contribution is 2.57. The number of thiophene rings is 2. The summed E-state index contributed by atoms with van der Waals surface area (Å²) in [4.78, 5) is 31.2. The Kier molecular flexibility index (Phi) is 10.7. The van der Waals surface area contributed by atoms with Crippen LogP contribution in [0.3, 0.4) is 0 Å². The Morgan fingerprint density at radius 1 is 0.195 bits per heavy atom. The molecule has 6 nitrogen and oxygen atoms in total. The molecule has 0 saturated heterocycles. The van der Waals surface area contributed by atoms with Crippen LogP contribution in [-0.4, -0.2) is 29.9 Å². The molecule has 0 fully saturated rings. The number of rotatable bonds is 8. The van der Waals surface area contributed by atoms with Crippen LogP contribution < -0.4 is 0 Å². The number of hydrogen-bond acceptors (Lipinski definition) is 8. The molecule has 2 unspecified atom stereocenters. The average molecular weight is 1080 g/mol. The molecule has 11 aromatic carbocycles. The van der Waals surface area contributed by atoms with Crippen LogP contribution in [0.2, 0.25) is 0 Å². The molecule has 0 saturated carbocycles. The van der Waals surface area contributed by atoms with Crippen molar-refractivity contribution in [2.24, 2.45) is 0 Å².